The normalized spacial score (nSPS) is 13.1. The Hall–Kier alpha value is -1.00. The van der Waals surface area contributed by atoms with Crippen molar-refractivity contribution in [2.75, 3.05) is 20.1 Å². The van der Waals surface area contributed by atoms with Crippen molar-refractivity contribution in [1.82, 2.24) is 10.2 Å². The molecule has 0 fully saturated rings. The van der Waals surface area contributed by atoms with E-state index in [1.807, 2.05) is 14.0 Å². The minimum Gasteiger partial charge on any atom is -0.309 e. The summed E-state index contributed by atoms with van der Waals surface area (Å²) in [4.78, 5) is 2.15. The lowest BCUT2D eigenvalue weighted by atomic mass is 10.2. The molecule has 1 aromatic rings. The Labute approximate surface area is 102 Å². The molecule has 0 bridgehead atoms. The number of hydrogen-bond donors (Lipinski definition) is 1. The summed E-state index contributed by atoms with van der Waals surface area (Å²) in [6.45, 7) is 6.11. The molecule has 0 aliphatic heterocycles. The van der Waals surface area contributed by atoms with Gasteiger partial charge in [0.1, 0.15) is 11.6 Å². The number of benzene rings is 1. The predicted molar refractivity (Wildman–Crippen MR) is 65.8 cm³/mol. The highest BCUT2D eigenvalue weighted by Gasteiger charge is 2.10. The first kappa shape index (κ1) is 14.1. The first-order chi connectivity index (χ1) is 8.04. The molecule has 0 amide bonds. The summed E-state index contributed by atoms with van der Waals surface area (Å²) in [5, 5.41) is 3.12. The number of rotatable bonds is 6. The van der Waals surface area contributed by atoms with Crippen LogP contribution in [-0.2, 0) is 6.54 Å². The van der Waals surface area contributed by atoms with Crippen LogP contribution in [0.1, 0.15) is 19.4 Å². The SMILES string of the molecule is CCN(C)CC(C)NCc1c(F)cccc1F. The second kappa shape index (κ2) is 6.67. The summed E-state index contributed by atoms with van der Waals surface area (Å²) >= 11 is 0. The molecular formula is C13H20F2N2. The summed E-state index contributed by atoms with van der Waals surface area (Å²) in [5.41, 5.74) is 0.110. The van der Waals surface area contributed by atoms with Crippen LogP contribution in [0.5, 0.6) is 0 Å². The number of nitrogens with zero attached hydrogens (tertiary/aromatic N) is 1. The third kappa shape index (κ3) is 4.40. The summed E-state index contributed by atoms with van der Waals surface area (Å²) in [7, 11) is 2.02. The van der Waals surface area contributed by atoms with Gasteiger partial charge < -0.3 is 10.2 Å². The monoisotopic (exact) mass is 242 g/mol. The van der Waals surface area contributed by atoms with Gasteiger partial charge in [0, 0.05) is 24.7 Å². The molecule has 1 N–H and O–H groups in total. The maximum absolute atomic E-state index is 13.3. The molecule has 1 aromatic carbocycles. The zero-order chi connectivity index (χ0) is 12.8. The first-order valence-corrected chi connectivity index (χ1v) is 5.89. The van der Waals surface area contributed by atoms with Gasteiger partial charge in [-0.3, -0.25) is 0 Å². The molecule has 0 saturated carbocycles. The molecule has 0 aliphatic carbocycles. The van der Waals surface area contributed by atoms with Crippen LogP contribution in [0, 0.1) is 11.6 Å². The van der Waals surface area contributed by atoms with Crippen molar-refractivity contribution >= 4 is 0 Å². The Morgan fingerprint density at radius 1 is 1.29 bits per heavy atom. The fourth-order valence-electron chi connectivity index (χ4n) is 1.64. The van der Waals surface area contributed by atoms with E-state index in [-0.39, 0.29) is 18.2 Å². The third-order valence-corrected chi connectivity index (χ3v) is 2.81. The van der Waals surface area contributed by atoms with Crippen LogP contribution in [0.15, 0.2) is 18.2 Å². The molecule has 0 aromatic heterocycles. The van der Waals surface area contributed by atoms with E-state index < -0.39 is 11.6 Å². The van der Waals surface area contributed by atoms with Crippen molar-refractivity contribution in [2.45, 2.75) is 26.4 Å². The van der Waals surface area contributed by atoms with Crippen LogP contribution in [0.25, 0.3) is 0 Å². The zero-order valence-electron chi connectivity index (χ0n) is 10.6. The maximum atomic E-state index is 13.3. The molecule has 17 heavy (non-hydrogen) atoms. The Morgan fingerprint density at radius 3 is 2.41 bits per heavy atom. The zero-order valence-corrected chi connectivity index (χ0v) is 10.6. The lowest BCUT2D eigenvalue weighted by molar-refractivity contribution is 0.308. The molecular weight excluding hydrogens is 222 g/mol. The molecule has 96 valence electrons. The number of likely N-dealkylation sites (N-methyl/N-ethyl adjacent to an activating group) is 1. The van der Waals surface area contributed by atoms with Gasteiger partial charge in [0.25, 0.3) is 0 Å². The quantitative estimate of drug-likeness (QED) is 0.824. The van der Waals surface area contributed by atoms with Crippen LogP contribution < -0.4 is 5.32 Å². The molecule has 0 spiro atoms. The van der Waals surface area contributed by atoms with Crippen LogP contribution in [0.3, 0.4) is 0 Å². The minimum absolute atomic E-state index is 0.110. The van der Waals surface area contributed by atoms with Crippen molar-refractivity contribution in [3.8, 4) is 0 Å². The van der Waals surface area contributed by atoms with Gasteiger partial charge in [-0.1, -0.05) is 13.0 Å². The Morgan fingerprint density at radius 2 is 1.88 bits per heavy atom. The molecule has 0 aliphatic rings. The lowest BCUT2D eigenvalue weighted by Gasteiger charge is -2.20. The fraction of sp³-hybridized carbons (Fsp3) is 0.538. The first-order valence-electron chi connectivity index (χ1n) is 5.89. The average Bonchev–Trinajstić information content (AvgIpc) is 2.28. The molecule has 1 rings (SSSR count). The maximum Gasteiger partial charge on any atom is 0.130 e. The molecule has 0 radical (unpaired) electrons. The van der Waals surface area contributed by atoms with Crippen molar-refractivity contribution < 1.29 is 8.78 Å². The van der Waals surface area contributed by atoms with Crippen molar-refractivity contribution in [2.24, 2.45) is 0 Å². The predicted octanol–water partition coefficient (Wildman–Crippen LogP) is 2.39. The fourth-order valence-corrected chi connectivity index (χ4v) is 1.64. The highest BCUT2D eigenvalue weighted by molar-refractivity contribution is 5.19. The van der Waals surface area contributed by atoms with E-state index in [4.69, 9.17) is 0 Å². The molecule has 0 saturated heterocycles. The molecule has 1 unspecified atom stereocenters. The van der Waals surface area contributed by atoms with Gasteiger partial charge in [-0.25, -0.2) is 8.78 Å². The smallest absolute Gasteiger partial charge is 0.130 e. The minimum atomic E-state index is -0.492. The van der Waals surface area contributed by atoms with Gasteiger partial charge in [-0.15, -0.1) is 0 Å². The highest BCUT2D eigenvalue weighted by Crippen LogP contribution is 2.11. The number of nitrogens with one attached hydrogen (secondary N) is 1. The largest absolute Gasteiger partial charge is 0.309 e. The molecule has 4 heteroatoms. The summed E-state index contributed by atoms with van der Waals surface area (Å²) < 4.78 is 26.7. The van der Waals surface area contributed by atoms with Crippen LogP contribution in [0.2, 0.25) is 0 Å². The standard InChI is InChI=1S/C13H20F2N2/c1-4-17(3)9-10(2)16-8-11-12(14)6-5-7-13(11)15/h5-7,10,16H,4,8-9H2,1-3H3. The van der Waals surface area contributed by atoms with Crippen LogP contribution >= 0.6 is 0 Å². The van der Waals surface area contributed by atoms with Gasteiger partial charge in [-0.05, 0) is 32.6 Å². The summed E-state index contributed by atoms with van der Waals surface area (Å²) in [5.74, 6) is -0.984. The molecule has 2 nitrogen and oxygen atoms in total. The lowest BCUT2D eigenvalue weighted by Crippen LogP contribution is -2.37. The molecule has 1 atom stereocenters. The van der Waals surface area contributed by atoms with Crippen molar-refractivity contribution in [3.63, 3.8) is 0 Å². The summed E-state index contributed by atoms with van der Waals surface area (Å²) in [6, 6.07) is 4.13. The third-order valence-electron chi connectivity index (χ3n) is 2.81. The van der Waals surface area contributed by atoms with Crippen molar-refractivity contribution in [1.29, 1.82) is 0 Å². The van der Waals surface area contributed by atoms with Gasteiger partial charge in [0.15, 0.2) is 0 Å². The van der Waals surface area contributed by atoms with E-state index in [2.05, 4.69) is 17.1 Å². The van der Waals surface area contributed by atoms with Gasteiger partial charge in [0.2, 0.25) is 0 Å². The van der Waals surface area contributed by atoms with E-state index in [0.717, 1.165) is 13.1 Å². The van der Waals surface area contributed by atoms with E-state index in [9.17, 15) is 8.78 Å². The van der Waals surface area contributed by atoms with E-state index >= 15 is 0 Å². The Balaban J connectivity index is 2.50. The Kier molecular flexibility index (Phi) is 5.51. The average molecular weight is 242 g/mol. The second-order valence-electron chi connectivity index (χ2n) is 4.34. The molecule has 0 heterocycles. The van der Waals surface area contributed by atoms with E-state index in [0.29, 0.717) is 0 Å². The van der Waals surface area contributed by atoms with E-state index in [1.165, 1.54) is 18.2 Å². The highest BCUT2D eigenvalue weighted by atomic mass is 19.1. The van der Waals surface area contributed by atoms with Gasteiger partial charge in [-0.2, -0.15) is 0 Å². The second-order valence-corrected chi connectivity index (χ2v) is 4.34. The number of halogens is 2. The Bertz CT molecular complexity index is 335. The number of hydrogen-bond acceptors (Lipinski definition) is 2. The van der Waals surface area contributed by atoms with Gasteiger partial charge >= 0.3 is 0 Å². The van der Waals surface area contributed by atoms with Crippen molar-refractivity contribution in [3.05, 3.63) is 35.4 Å². The van der Waals surface area contributed by atoms with E-state index in [1.54, 1.807) is 0 Å². The topological polar surface area (TPSA) is 15.3 Å². The van der Waals surface area contributed by atoms with Crippen LogP contribution in [0.4, 0.5) is 8.78 Å². The van der Waals surface area contributed by atoms with Crippen LogP contribution in [-0.4, -0.2) is 31.1 Å². The van der Waals surface area contributed by atoms with Gasteiger partial charge in [0.05, 0.1) is 0 Å². The summed E-state index contributed by atoms with van der Waals surface area (Å²) in [6.07, 6.45) is 0.